The van der Waals surface area contributed by atoms with Crippen molar-refractivity contribution >= 4 is 34.8 Å². The minimum atomic E-state index is -0.830. The molecule has 0 saturated carbocycles. The third-order valence-corrected chi connectivity index (χ3v) is 7.52. The van der Waals surface area contributed by atoms with Crippen LogP contribution in [0.3, 0.4) is 0 Å². The average molecular weight is 487 g/mol. The second kappa shape index (κ2) is 11.0. The highest BCUT2D eigenvalue weighted by Gasteiger charge is 2.35. The zero-order valence-electron chi connectivity index (χ0n) is 20.1. The van der Waals surface area contributed by atoms with Gasteiger partial charge < -0.3 is 20.2 Å². The smallest absolute Gasteiger partial charge is 0.306 e. The number of imide groups is 1. The van der Waals surface area contributed by atoms with Gasteiger partial charge >= 0.3 is 5.97 Å². The van der Waals surface area contributed by atoms with Gasteiger partial charge in [-0.3, -0.25) is 19.7 Å². The lowest BCUT2D eigenvalue weighted by molar-refractivity contribution is -0.143. The minimum absolute atomic E-state index is 0.165. The number of nitrogens with zero attached hydrogens (tertiary/aromatic N) is 4. The number of carbonyl (C=O) groups is 3. The first kappa shape index (κ1) is 24.9. The van der Waals surface area contributed by atoms with E-state index in [2.05, 4.69) is 25.7 Å². The van der Waals surface area contributed by atoms with Crippen molar-refractivity contribution in [3.05, 3.63) is 23.1 Å². The number of piperidine rings is 3. The Morgan fingerprint density at radius 2 is 1.86 bits per heavy atom. The van der Waals surface area contributed by atoms with E-state index < -0.39 is 17.9 Å². The summed E-state index contributed by atoms with van der Waals surface area (Å²) < 4.78 is 0. The summed E-state index contributed by atoms with van der Waals surface area (Å²) in [6.07, 6.45) is 3.89. The molecular weight excluding hydrogens is 452 g/mol. The molecule has 3 saturated heterocycles. The van der Waals surface area contributed by atoms with Gasteiger partial charge in [-0.15, -0.1) is 4.91 Å². The summed E-state index contributed by atoms with van der Waals surface area (Å²) >= 11 is 0. The molecule has 3 aliphatic heterocycles. The number of aliphatic carboxylic acids is 1. The van der Waals surface area contributed by atoms with Gasteiger partial charge in [-0.2, -0.15) is 0 Å². The number of hydrogen-bond acceptors (Lipinski definition) is 8. The van der Waals surface area contributed by atoms with E-state index >= 15 is 0 Å². The lowest BCUT2D eigenvalue weighted by Gasteiger charge is -2.39. The van der Waals surface area contributed by atoms with E-state index in [4.69, 9.17) is 0 Å². The molecule has 11 nitrogen and oxygen atoms in total. The maximum Gasteiger partial charge on any atom is 0.306 e. The molecule has 2 amide bonds. The van der Waals surface area contributed by atoms with Crippen molar-refractivity contribution in [2.24, 2.45) is 17.1 Å². The molecule has 11 heteroatoms. The molecule has 3 N–H and O–H groups in total. The summed E-state index contributed by atoms with van der Waals surface area (Å²) in [6, 6.07) is 4.78. The van der Waals surface area contributed by atoms with Gasteiger partial charge in [-0.05, 0) is 63.2 Å². The highest BCUT2D eigenvalue weighted by atomic mass is 16.4. The molecule has 1 aromatic carbocycles. The first-order chi connectivity index (χ1) is 16.9. The topological polar surface area (TPSA) is 135 Å². The SMILES string of the molecule is CNc1c(N2CCC(CN3CCC(C(=O)O)CC3)CC2)cccc1N(N=O)C1CCC(=O)NC1=O. The molecule has 0 aliphatic carbocycles. The van der Waals surface area contributed by atoms with Crippen molar-refractivity contribution in [3.8, 4) is 0 Å². The molecule has 0 spiro atoms. The second-order valence-electron chi connectivity index (χ2n) is 9.66. The maximum absolute atomic E-state index is 12.4. The Kier molecular flexibility index (Phi) is 7.84. The van der Waals surface area contributed by atoms with E-state index in [1.807, 2.05) is 12.1 Å². The van der Waals surface area contributed by atoms with Gasteiger partial charge in [-0.25, -0.2) is 5.01 Å². The van der Waals surface area contributed by atoms with E-state index in [9.17, 15) is 24.4 Å². The first-order valence-electron chi connectivity index (χ1n) is 12.4. The number of rotatable bonds is 8. The summed E-state index contributed by atoms with van der Waals surface area (Å²) in [4.78, 5) is 51.6. The highest BCUT2D eigenvalue weighted by Crippen LogP contribution is 2.39. The van der Waals surface area contributed by atoms with Crippen LogP contribution in [0.1, 0.15) is 38.5 Å². The van der Waals surface area contributed by atoms with Gasteiger partial charge in [0.2, 0.25) is 5.91 Å². The van der Waals surface area contributed by atoms with Crippen LogP contribution in [-0.2, 0) is 14.4 Å². The van der Waals surface area contributed by atoms with Gasteiger partial charge in [0.1, 0.15) is 6.04 Å². The number of benzene rings is 1. The normalized spacial score (nSPS) is 22.5. The Morgan fingerprint density at radius 1 is 1.14 bits per heavy atom. The summed E-state index contributed by atoms with van der Waals surface area (Å²) in [5.41, 5.74) is 2.19. The summed E-state index contributed by atoms with van der Waals surface area (Å²) in [5.74, 6) is -1.18. The number of carbonyl (C=O) groups excluding carboxylic acids is 2. The number of anilines is 3. The van der Waals surface area contributed by atoms with Crippen LogP contribution in [0.15, 0.2) is 23.5 Å². The van der Waals surface area contributed by atoms with Crippen LogP contribution < -0.4 is 20.5 Å². The van der Waals surface area contributed by atoms with E-state index in [1.54, 1.807) is 13.1 Å². The molecular formula is C24H34N6O5. The third-order valence-electron chi connectivity index (χ3n) is 7.52. The van der Waals surface area contributed by atoms with E-state index in [1.165, 1.54) is 5.01 Å². The predicted molar refractivity (Wildman–Crippen MR) is 132 cm³/mol. The number of amides is 2. The molecule has 190 valence electrons. The van der Waals surface area contributed by atoms with Crippen molar-refractivity contribution in [2.45, 2.75) is 44.6 Å². The molecule has 1 unspecified atom stereocenters. The van der Waals surface area contributed by atoms with Crippen LogP contribution in [0.25, 0.3) is 0 Å². The van der Waals surface area contributed by atoms with E-state index in [0.29, 0.717) is 11.6 Å². The molecule has 35 heavy (non-hydrogen) atoms. The Morgan fingerprint density at radius 3 is 2.46 bits per heavy atom. The number of nitrogens with one attached hydrogen (secondary N) is 2. The number of nitroso groups, excluding NO2 is 1. The molecule has 4 rings (SSSR count). The van der Waals surface area contributed by atoms with Gasteiger partial charge in [0, 0.05) is 33.1 Å². The third kappa shape index (κ3) is 5.55. The first-order valence-corrected chi connectivity index (χ1v) is 12.4. The van der Waals surface area contributed by atoms with Gasteiger partial charge in [0.05, 0.1) is 28.3 Å². The lowest BCUT2D eigenvalue weighted by atomic mass is 9.92. The predicted octanol–water partition coefficient (Wildman–Crippen LogP) is 2.03. The molecule has 1 aromatic rings. The molecule has 3 fully saturated rings. The van der Waals surface area contributed by atoms with Crippen molar-refractivity contribution in [1.82, 2.24) is 10.2 Å². The molecule has 0 bridgehead atoms. The summed E-state index contributed by atoms with van der Waals surface area (Å²) in [7, 11) is 1.78. The van der Waals surface area contributed by atoms with Crippen LogP contribution in [0.5, 0.6) is 0 Å². The quantitative estimate of drug-likeness (QED) is 0.287. The molecule has 1 atom stereocenters. The standard InChI is InChI=1S/C24H34N6O5/c1-25-22-18(3-2-4-19(22)30(27-35)20-5-6-21(31)26-23(20)32)29-13-7-16(8-14-29)15-28-11-9-17(10-12-28)24(33)34/h2-4,16-17,20,25H,5-15H2,1H3,(H,33,34)(H,26,31,32). The second-order valence-corrected chi connectivity index (χ2v) is 9.66. The van der Waals surface area contributed by atoms with Gasteiger partial charge in [0.15, 0.2) is 0 Å². The van der Waals surface area contributed by atoms with E-state index in [-0.39, 0.29) is 24.7 Å². The lowest BCUT2D eigenvalue weighted by Crippen LogP contribution is -2.51. The molecule has 0 radical (unpaired) electrons. The molecule has 3 aliphatic rings. The fourth-order valence-corrected chi connectivity index (χ4v) is 5.51. The largest absolute Gasteiger partial charge is 0.481 e. The number of carboxylic acids is 1. The summed E-state index contributed by atoms with van der Waals surface area (Å²) in [5, 5.41) is 19.0. The highest BCUT2D eigenvalue weighted by molar-refractivity contribution is 6.02. The van der Waals surface area contributed by atoms with Crippen molar-refractivity contribution in [3.63, 3.8) is 0 Å². The number of likely N-dealkylation sites (tertiary alicyclic amines) is 1. The van der Waals surface area contributed by atoms with E-state index in [0.717, 1.165) is 69.8 Å². The Bertz CT molecular complexity index is 956. The average Bonchev–Trinajstić information content (AvgIpc) is 2.86. The zero-order valence-corrected chi connectivity index (χ0v) is 20.1. The van der Waals surface area contributed by atoms with Crippen molar-refractivity contribution in [2.75, 3.05) is 55.0 Å². The monoisotopic (exact) mass is 486 g/mol. The van der Waals surface area contributed by atoms with Crippen molar-refractivity contribution in [1.29, 1.82) is 0 Å². The van der Waals surface area contributed by atoms with Gasteiger partial charge in [0.25, 0.3) is 5.91 Å². The van der Waals surface area contributed by atoms with Crippen LogP contribution in [0, 0.1) is 16.7 Å². The van der Waals surface area contributed by atoms with Crippen LogP contribution in [0.2, 0.25) is 0 Å². The fraction of sp³-hybridized carbons (Fsp3) is 0.625. The zero-order chi connectivity index (χ0) is 24.9. The molecule has 0 aromatic heterocycles. The van der Waals surface area contributed by atoms with Gasteiger partial charge in [-0.1, -0.05) is 6.07 Å². The molecule has 3 heterocycles. The van der Waals surface area contributed by atoms with Crippen LogP contribution in [-0.4, -0.2) is 73.6 Å². The number of hydrogen-bond donors (Lipinski definition) is 3. The Labute approximate surface area is 204 Å². The minimum Gasteiger partial charge on any atom is -0.481 e. The summed E-state index contributed by atoms with van der Waals surface area (Å²) in [6.45, 7) is 4.41. The van der Waals surface area contributed by atoms with Crippen molar-refractivity contribution < 1.29 is 19.5 Å². The Balaban J connectivity index is 1.41. The van der Waals surface area contributed by atoms with Crippen LogP contribution >= 0.6 is 0 Å². The fourth-order valence-electron chi connectivity index (χ4n) is 5.51. The van der Waals surface area contributed by atoms with Crippen LogP contribution in [0.4, 0.5) is 17.1 Å². The number of para-hydroxylation sites is 1. The maximum atomic E-state index is 12.4. The Hall–Kier alpha value is -3.21. The number of carboxylic acid groups (broad SMARTS) is 1.